The van der Waals surface area contributed by atoms with Crippen LogP contribution in [0.25, 0.3) is 0 Å². The van der Waals surface area contributed by atoms with Crippen molar-refractivity contribution >= 4 is 31.6 Å². The third kappa shape index (κ3) is 3.01. The number of sulfonamides is 1. The molecule has 1 N–H and O–H groups in total. The van der Waals surface area contributed by atoms with Crippen molar-refractivity contribution in [3.8, 4) is 0 Å². The van der Waals surface area contributed by atoms with Gasteiger partial charge in [0.25, 0.3) is 10.0 Å². The monoisotopic (exact) mass is 313 g/mol. The van der Waals surface area contributed by atoms with Crippen molar-refractivity contribution in [2.75, 3.05) is 4.72 Å². The number of benzene rings is 1. The molecule has 2 aromatic rings. The van der Waals surface area contributed by atoms with Gasteiger partial charge in [-0.1, -0.05) is 15.9 Å². The van der Waals surface area contributed by atoms with Gasteiger partial charge in [-0.2, -0.15) is 0 Å². The molecule has 1 aromatic heterocycles. The van der Waals surface area contributed by atoms with Crippen LogP contribution in [0.2, 0.25) is 0 Å². The summed E-state index contributed by atoms with van der Waals surface area (Å²) in [5.41, 5.74) is 0.329. The van der Waals surface area contributed by atoms with Crippen LogP contribution in [0.3, 0.4) is 0 Å². The van der Waals surface area contributed by atoms with Gasteiger partial charge in [-0.15, -0.1) is 0 Å². The smallest absolute Gasteiger partial charge is 0.261 e. The van der Waals surface area contributed by atoms with Crippen LogP contribution in [0.1, 0.15) is 0 Å². The predicted molar refractivity (Wildman–Crippen MR) is 67.0 cm³/mol. The van der Waals surface area contributed by atoms with E-state index in [-0.39, 0.29) is 4.90 Å². The van der Waals surface area contributed by atoms with E-state index in [4.69, 9.17) is 0 Å². The van der Waals surface area contributed by atoms with Gasteiger partial charge in [0.2, 0.25) is 0 Å². The van der Waals surface area contributed by atoms with Crippen LogP contribution in [-0.2, 0) is 10.0 Å². The van der Waals surface area contributed by atoms with Gasteiger partial charge in [0.15, 0.2) is 0 Å². The standard InChI is InChI=1S/C10H8BrN3O2S/c11-8-1-3-10(4-2-8)17(15,16)14-9-5-12-7-13-6-9/h1-7,14H. The van der Waals surface area contributed by atoms with E-state index in [1.807, 2.05) is 0 Å². The number of aromatic nitrogens is 2. The van der Waals surface area contributed by atoms with E-state index < -0.39 is 10.0 Å². The number of rotatable bonds is 3. The molecule has 0 bridgehead atoms. The average molecular weight is 314 g/mol. The Balaban J connectivity index is 2.29. The number of halogens is 1. The van der Waals surface area contributed by atoms with Gasteiger partial charge < -0.3 is 0 Å². The molecular formula is C10H8BrN3O2S. The number of nitrogens with zero attached hydrogens (tertiary/aromatic N) is 2. The normalized spacial score (nSPS) is 11.1. The fourth-order valence-electron chi connectivity index (χ4n) is 1.18. The van der Waals surface area contributed by atoms with Gasteiger partial charge in [-0.25, -0.2) is 18.4 Å². The molecule has 5 nitrogen and oxygen atoms in total. The van der Waals surface area contributed by atoms with E-state index in [9.17, 15) is 8.42 Å². The molecule has 1 aromatic carbocycles. The minimum atomic E-state index is -3.58. The molecule has 0 unspecified atom stereocenters. The quantitative estimate of drug-likeness (QED) is 0.941. The Morgan fingerprint density at radius 2 is 1.65 bits per heavy atom. The zero-order valence-electron chi connectivity index (χ0n) is 8.54. The summed E-state index contributed by atoms with van der Waals surface area (Å²) in [5.74, 6) is 0. The van der Waals surface area contributed by atoms with Crippen LogP contribution in [-0.4, -0.2) is 18.4 Å². The molecule has 0 amide bonds. The second-order valence-corrected chi connectivity index (χ2v) is 5.78. The molecule has 0 saturated carbocycles. The number of anilines is 1. The van der Waals surface area contributed by atoms with Gasteiger partial charge in [0.05, 0.1) is 23.0 Å². The molecule has 0 aliphatic heterocycles. The van der Waals surface area contributed by atoms with Crippen molar-refractivity contribution in [3.05, 3.63) is 47.5 Å². The van der Waals surface area contributed by atoms with E-state index in [0.717, 1.165) is 4.47 Å². The lowest BCUT2D eigenvalue weighted by Gasteiger charge is -2.06. The predicted octanol–water partition coefficient (Wildman–Crippen LogP) is 2.04. The molecule has 17 heavy (non-hydrogen) atoms. The van der Waals surface area contributed by atoms with Crippen LogP contribution in [0.5, 0.6) is 0 Å². The molecule has 1 heterocycles. The molecule has 0 aliphatic carbocycles. The lowest BCUT2D eigenvalue weighted by molar-refractivity contribution is 0.601. The minimum Gasteiger partial charge on any atom is -0.276 e. The lowest BCUT2D eigenvalue weighted by atomic mass is 10.4. The number of hydrogen-bond donors (Lipinski definition) is 1. The fraction of sp³-hybridized carbons (Fsp3) is 0. The molecule has 0 atom stereocenters. The first kappa shape index (κ1) is 12.0. The summed E-state index contributed by atoms with van der Waals surface area (Å²) in [6, 6.07) is 6.35. The van der Waals surface area contributed by atoms with E-state index >= 15 is 0 Å². The highest BCUT2D eigenvalue weighted by atomic mass is 79.9. The summed E-state index contributed by atoms with van der Waals surface area (Å²) in [5, 5.41) is 0. The summed E-state index contributed by atoms with van der Waals surface area (Å²) in [6.45, 7) is 0. The van der Waals surface area contributed by atoms with Gasteiger partial charge in [0, 0.05) is 4.47 Å². The van der Waals surface area contributed by atoms with Crippen LogP contribution in [0, 0.1) is 0 Å². The molecule has 88 valence electrons. The second-order valence-electron chi connectivity index (χ2n) is 3.19. The van der Waals surface area contributed by atoms with Crippen LogP contribution >= 0.6 is 15.9 Å². The second kappa shape index (κ2) is 4.80. The SMILES string of the molecule is O=S(=O)(Nc1cncnc1)c1ccc(Br)cc1. The highest BCUT2D eigenvalue weighted by molar-refractivity contribution is 9.10. The van der Waals surface area contributed by atoms with Crippen LogP contribution in [0.15, 0.2) is 52.4 Å². The lowest BCUT2D eigenvalue weighted by Crippen LogP contribution is -2.13. The fourth-order valence-corrected chi connectivity index (χ4v) is 2.47. The minimum absolute atomic E-state index is 0.185. The van der Waals surface area contributed by atoms with E-state index in [0.29, 0.717) is 5.69 Å². The van der Waals surface area contributed by atoms with Gasteiger partial charge in [0.1, 0.15) is 6.33 Å². The van der Waals surface area contributed by atoms with Crippen molar-refractivity contribution in [2.24, 2.45) is 0 Å². The van der Waals surface area contributed by atoms with E-state index in [1.165, 1.54) is 30.9 Å². The van der Waals surface area contributed by atoms with Crippen molar-refractivity contribution in [2.45, 2.75) is 4.90 Å². The van der Waals surface area contributed by atoms with E-state index in [2.05, 4.69) is 30.6 Å². The highest BCUT2D eigenvalue weighted by Gasteiger charge is 2.13. The summed E-state index contributed by atoms with van der Waals surface area (Å²) in [7, 11) is -3.58. The average Bonchev–Trinajstić information content (AvgIpc) is 2.30. The van der Waals surface area contributed by atoms with Crippen molar-refractivity contribution < 1.29 is 8.42 Å². The zero-order chi connectivity index (χ0) is 12.3. The summed E-state index contributed by atoms with van der Waals surface area (Å²) >= 11 is 3.24. The maximum Gasteiger partial charge on any atom is 0.261 e. The highest BCUT2D eigenvalue weighted by Crippen LogP contribution is 2.17. The summed E-state index contributed by atoms with van der Waals surface area (Å²) in [4.78, 5) is 7.65. The Morgan fingerprint density at radius 3 is 2.24 bits per heavy atom. The first-order chi connectivity index (χ1) is 8.08. The summed E-state index contributed by atoms with van der Waals surface area (Å²) in [6.07, 6.45) is 4.12. The molecule has 0 saturated heterocycles. The van der Waals surface area contributed by atoms with Crippen molar-refractivity contribution in [1.29, 1.82) is 0 Å². The van der Waals surface area contributed by atoms with Crippen LogP contribution in [0.4, 0.5) is 5.69 Å². The van der Waals surface area contributed by atoms with Crippen LogP contribution < -0.4 is 4.72 Å². The Morgan fingerprint density at radius 1 is 1.06 bits per heavy atom. The maximum atomic E-state index is 11.9. The maximum absolute atomic E-state index is 11.9. The van der Waals surface area contributed by atoms with Gasteiger partial charge in [-0.05, 0) is 24.3 Å². The first-order valence-electron chi connectivity index (χ1n) is 4.61. The zero-order valence-corrected chi connectivity index (χ0v) is 10.9. The molecule has 0 fully saturated rings. The largest absolute Gasteiger partial charge is 0.276 e. The molecule has 0 spiro atoms. The molecule has 7 heteroatoms. The van der Waals surface area contributed by atoms with Gasteiger partial charge in [-0.3, -0.25) is 4.72 Å². The van der Waals surface area contributed by atoms with Crippen molar-refractivity contribution in [1.82, 2.24) is 9.97 Å². The first-order valence-corrected chi connectivity index (χ1v) is 6.89. The number of nitrogens with one attached hydrogen (secondary N) is 1. The van der Waals surface area contributed by atoms with E-state index in [1.54, 1.807) is 12.1 Å². The summed E-state index contributed by atoms with van der Waals surface area (Å²) < 4.78 is 27.1. The Kier molecular flexibility index (Phi) is 3.39. The Labute approximate surface area is 107 Å². The number of hydrogen-bond acceptors (Lipinski definition) is 4. The molecule has 2 rings (SSSR count). The Bertz CT molecular complexity index is 599. The molecule has 0 aliphatic rings. The molecule has 0 radical (unpaired) electrons. The van der Waals surface area contributed by atoms with Gasteiger partial charge >= 0.3 is 0 Å². The third-order valence-corrected chi connectivity index (χ3v) is 3.86. The van der Waals surface area contributed by atoms with Crippen molar-refractivity contribution in [3.63, 3.8) is 0 Å². The third-order valence-electron chi connectivity index (χ3n) is 1.94. The topological polar surface area (TPSA) is 72.0 Å². The molecular weight excluding hydrogens is 306 g/mol. The Hall–Kier alpha value is -1.47.